The third-order valence-electron chi connectivity index (χ3n) is 5.07. The average Bonchev–Trinajstić information content (AvgIpc) is 3.39. The van der Waals surface area contributed by atoms with E-state index in [-0.39, 0.29) is 24.1 Å². The number of nitrogens with zero attached hydrogens (tertiary/aromatic N) is 7. The summed E-state index contributed by atoms with van der Waals surface area (Å²) in [6, 6.07) is 10.9. The fourth-order valence-corrected chi connectivity index (χ4v) is 3.62. The summed E-state index contributed by atoms with van der Waals surface area (Å²) in [6.07, 6.45) is 3.78. The van der Waals surface area contributed by atoms with Crippen molar-refractivity contribution in [3.8, 4) is 0 Å². The monoisotopic (exact) mass is 390 g/mol. The van der Waals surface area contributed by atoms with E-state index in [0.29, 0.717) is 23.1 Å². The highest BCUT2D eigenvalue weighted by atomic mass is 16.2. The molecule has 3 aromatic heterocycles. The first-order valence-electron chi connectivity index (χ1n) is 9.33. The number of para-hydroxylation sites is 1. The van der Waals surface area contributed by atoms with E-state index in [0.717, 1.165) is 18.8 Å². The van der Waals surface area contributed by atoms with Crippen LogP contribution in [0.5, 0.6) is 0 Å². The second kappa shape index (κ2) is 6.97. The van der Waals surface area contributed by atoms with Crippen LogP contribution in [0.1, 0.15) is 6.42 Å². The molecule has 1 atom stereocenters. The van der Waals surface area contributed by atoms with Gasteiger partial charge in [0.15, 0.2) is 5.65 Å². The highest BCUT2D eigenvalue weighted by Crippen LogP contribution is 2.18. The molecule has 1 aromatic carbocycles. The molecule has 10 heteroatoms. The van der Waals surface area contributed by atoms with Crippen LogP contribution in [0.4, 0.5) is 5.82 Å². The minimum Gasteiger partial charge on any atom is -0.353 e. The molecule has 10 nitrogen and oxygen atoms in total. The molecule has 0 aliphatic carbocycles. The van der Waals surface area contributed by atoms with Gasteiger partial charge in [-0.2, -0.15) is 4.52 Å². The molecule has 1 fully saturated rings. The summed E-state index contributed by atoms with van der Waals surface area (Å²) >= 11 is 0. The summed E-state index contributed by atoms with van der Waals surface area (Å²) in [6.45, 7) is 1.37. The van der Waals surface area contributed by atoms with Gasteiger partial charge < -0.3 is 10.2 Å². The Hall–Kier alpha value is -3.82. The van der Waals surface area contributed by atoms with E-state index in [2.05, 4.69) is 30.5 Å². The number of rotatable bonds is 4. The molecule has 1 aliphatic rings. The Morgan fingerprint density at radius 3 is 3.00 bits per heavy atom. The predicted octanol–water partition coefficient (Wildman–Crippen LogP) is 0.229. The van der Waals surface area contributed by atoms with Crippen LogP contribution in [0.2, 0.25) is 0 Å². The van der Waals surface area contributed by atoms with Crippen molar-refractivity contribution in [1.82, 2.24) is 34.7 Å². The van der Waals surface area contributed by atoms with Gasteiger partial charge in [-0.1, -0.05) is 12.1 Å². The van der Waals surface area contributed by atoms with Crippen molar-refractivity contribution in [2.75, 3.05) is 18.0 Å². The predicted molar refractivity (Wildman–Crippen MR) is 106 cm³/mol. The number of hydrogen-bond acceptors (Lipinski definition) is 7. The molecular formula is C19H18N8O2. The molecule has 4 heterocycles. The van der Waals surface area contributed by atoms with Crippen molar-refractivity contribution in [3.63, 3.8) is 0 Å². The second-order valence-corrected chi connectivity index (χ2v) is 7.02. The summed E-state index contributed by atoms with van der Waals surface area (Å²) in [5.74, 6) is 0.599. The number of hydrogen-bond donors (Lipinski definition) is 1. The lowest BCUT2D eigenvalue weighted by atomic mass is 10.2. The molecule has 4 aromatic rings. The summed E-state index contributed by atoms with van der Waals surface area (Å²) in [4.78, 5) is 31.4. The first-order chi connectivity index (χ1) is 14.2. The van der Waals surface area contributed by atoms with E-state index in [9.17, 15) is 9.59 Å². The highest BCUT2D eigenvalue weighted by molar-refractivity contribution is 5.79. The van der Waals surface area contributed by atoms with Crippen molar-refractivity contribution in [2.24, 2.45) is 0 Å². The van der Waals surface area contributed by atoms with Gasteiger partial charge in [-0.05, 0) is 30.7 Å². The number of carbonyl (C=O) groups is 1. The molecule has 29 heavy (non-hydrogen) atoms. The smallest absolute Gasteiger partial charge is 0.261 e. The molecule has 5 rings (SSSR count). The maximum atomic E-state index is 12.5. The maximum absolute atomic E-state index is 12.5. The Morgan fingerprint density at radius 1 is 1.17 bits per heavy atom. The summed E-state index contributed by atoms with van der Waals surface area (Å²) in [7, 11) is 0. The molecule has 146 valence electrons. The van der Waals surface area contributed by atoms with Gasteiger partial charge in [0.2, 0.25) is 5.91 Å². The van der Waals surface area contributed by atoms with E-state index < -0.39 is 0 Å². The lowest BCUT2D eigenvalue weighted by molar-refractivity contribution is -0.122. The molecule has 1 N–H and O–H groups in total. The van der Waals surface area contributed by atoms with Gasteiger partial charge in [-0.25, -0.2) is 4.98 Å². The first kappa shape index (κ1) is 17.3. The Kier molecular flexibility index (Phi) is 4.15. The zero-order valence-corrected chi connectivity index (χ0v) is 15.5. The van der Waals surface area contributed by atoms with Crippen molar-refractivity contribution in [1.29, 1.82) is 0 Å². The minimum absolute atomic E-state index is 0.00923. The van der Waals surface area contributed by atoms with Crippen LogP contribution in [0, 0.1) is 0 Å². The number of anilines is 1. The largest absolute Gasteiger partial charge is 0.353 e. The van der Waals surface area contributed by atoms with Crippen LogP contribution in [0.3, 0.4) is 0 Å². The average molecular weight is 390 g/mol. The number of fused-ring (bicyclic) bond motifs is 2. The van der Waals surface area contributed by atoms with Crippen molar-refractivity contribution in [3.05, 3.63) is 59.4 Å². The Morgan fingerprint density at radius 2 is 2.07 bits per heavy atom. The lowest BCUT2D eigenvalue weighted by Crippen LogP contribution is -2.40. The van der Waals surface area contributed by atoms with Crippen LogP contribution in [-0.2, 0) is 11.3 Å². The zero-order valence-electron chi connectivity index (χ0n) is 15.5. The standard InChI is InChI=1S/C19H18N8O2/c28-18(10-26-11-20-15-4-2-1-3-14(15)19(26)29)22-13-7-8-25(9-13)17-6-5-16-23-21-12-27(16)24-17/h1-6,11-13H,7-10H2,(H,22,28)/t13-/m0/s1. The van der Waals surface area contributed by atoms with Crippen LogP contribution in [-0.4, -0.2) is 54.4 Å². The van der Waals surface area contributed by atoms with E-state index in [4.69, 9.17) is 0 Å². The number of carbonyl (C=O) groups excluding carboxylic acids is 1. The number of benzene rings is 1. The van der Waals surface area contributed by atoms with Crippen molar-refractivity contribution < 1.29 is 4.79 Å². The Balaban J connectivity index is 1.25. The van der Waals surface area contributed by atoms with Crippen LogP contribution in [0.15, 0.2) is 53.8 Å². The van der Waals surface area contributed by atoms with Gasteiger partial charge in [0.1, 0.15) is 18.7 Å². The van der Waals surface area contributed by atoms with Crippen molar-refractivity contribution >= 4 is 28.3 Å². The van der Waals surface area contributed by atoms with Gasteiger partial charge in [0.25, 0.3) is 5.56 Å². The lowest BCUT2D eigenvalue weighted by Gasteiger charge is -2.18. The fraction of sp³-hybridized carbons (Fsp3) is 0.263. The minimum atomic E-state index is -0.217. The topological polar surface area (TPSA) is 110 Å². The Bertz CT molecular complexity index is 1260. The van der Waals surface area contributed by atoms with E-state index in [1.165, 1.54) is 10.9 Å². The number of nitrogens with one attached hydrogen (secondary N) is 1. The van der Waals surface area contributed by atoms with Gasteiger partial charge in [-0.15, -0.1) is 15.3 Å². The number of aromatic nitrogens is 6. The van der Waals surface area contributed by atoms with Crippen LogP contribution in [0.25, 0.3) is 16.6 Å². The quantitative estimate of drug-likeness (QED) is 0.531. The Labute approximate surface area is 164 Å². The van der Waals surface area contributed by atoms with Gasteiger partial charge in [-0.3, -0.25) is 14.2 Å². The van der Waals surface area contributed by atoms with Crippen molar-refractivity contribution in [2.45, 2.75) is 19.0 Å². The van der Waals surface area contributed by atoms with E-state index in [1.807, 2.05) is 18.2 Å². The molecule has 1 saturated heterocycles. The SMILES string of the molecule is O=C(Cn1cnc2ccccc2c1=O)N[C@H]1CCN(c2ccc3nncn3n2)C1. The molecule has 1 amide bonds. The van der Waals surface area contributed by atoms with Gasteiger partial charge in [0.05, 0.1) is 17.2 Å². The first-order valence-corrected chi connectivity index (χ1v) is 9.33. The molecule has 0 radical (unpaired) electrons. The van der Waals surface area contributed by atoms with Crippen LogP contribution < -0.4 is 15.8 Å². The van der Waals surface area contributed by atoms with E-state index >= 15 is 0 Å². The van der Waals surface area contributed by atoms with Gasteiger partial charge in [0, 0.05) is 19.1 Å². The summed E-state index contributed by atoms with van der Waals surface area (Å²) < 4.78 is 2.96. The molecule has 0 spiro atoms. The molecule has 0 saturated carbocycles. The second-order valence-electron chi connectivity index (χ2n) is 7.02. The summed E-state index contributed by atoms with van der Waals surface area (Å²) in [5, 5.41) is 15.8. The third kappa shape index (κ3) is 3.28. The fourth-order valence-electron chi connectivity index (χ4n) is 3.62. The normalized spacial score (nSPS) is 16.6. The molecular weight excluding hydrogens is 372 g/mol. The van der Waals surface area contributed by atoms with E-state index in [1.54, 1.807) is 29.0 Å². The molecule has 0 bridgehead atoms. The maximum Gasteiger partial charge on any atom is 0.261 e. The molecule has 1 aliphatic heterocycles. The van der Waals surface area contributed by atoms with Crippen LogP contribution >= 0.6 is 0 Å². The number of amides is 1. The third-order valence-corrected chi connectivity index (χ3v) is 5.07. The zero-order chi connectivity index (χ0) is 19.8. The van der Waals surface area contributed by atoms with Gasteiger partial charge >= 0.3 is 0 Å². The summed E-state index contributed by atoms with van der Waals surface area (Å²) in [5.41, 5.74) is 1.09. The highest BCUT2D eigenvalue weighted by Gasteiger charge is 2.25. The molecule has 0 unspecified atom stereocenters.